The molecule has 0 aromatic carbocycles. The summed E-state index contributed by atoms with van der Waals surface area (Å²) in [6.07, 6.45) is 3.28. The van der Waals surface area contributed by atoms with Gasteiger partial charge in [0.15, 0.2) is 0 Å². The van der Waals surface area contributed by atoms with E-state index in [2.05, 4.69) is 10.5 Å². The van der Waals surface area contributed by atoms with Crippen LogP contribution in [0.15, 0.2) is 23.3 Å². The second kappa shape index (κ2) is 6.02. The summed E-state index contributed by atoms with van der Waals surface area (Å²) in [5.41, 5.74) is 4.41. The van der Waals surface area contributed by atoms with Gasteiger partial charge in [0.2, 0.25) is 0 Å². The summed E-state index contributed by atoms with van der Waals surface area (Å²) in [7, 11) is 0. The SMILES string of the molecule is C/C(=N/NC(=O)c1cc2c(s1)CCC2)c1ccc(C(=O)O)s1. The molecule has 0 atom stereocenters. The number of hydrogen-bond donors (Lipinski definition) is 2. The fraction of sp³-hybridized carbons (Fsp3) is 0.267. The highest BCUT2D eigenvalue weighted by molar-refractivity contribution is 7.16. The molecule has 3 rings (SSSR count). The summed E-state index contributed by atoms with van der Waals surface area (Å²) >= 11 is 2.67. The van der Waals surface area contributed by atoms with E-state index in [0.717, 1.165) is 29.1 Å². The van der Waals surface area contributed by atoms with Crippen molar-refractivity contribution in [2.24, 2.45) is 5.10 Å². The summed E-state index contributed by atoms with van der Waals surface area (Å²) in [4.78, 5) is 25.9. The fourth-order valence-corrected chi connectivity index (χ4v) is 4.27. The Kier molecular flexibility index (Phi) is 4.08. The van der Waals surface area contributed by atoms with Crippen molar-refractivity contribution in [2.75, 3.05) is 0 Å². The molecule has 1 aliphatic carbocycles. The Hall–Kier alpha value is -1.99. The number of aryl methyl sites for hydroxylation is 2. The molecule has 0 fully saturated rings. The molecule has 0 saturated carbocycles. The minimum atomic E-state index is -0.957. The maximum absolute atomic E-state index is 12.1. The lowest BCUT2D eigenvalue weighted by Crippen LogP contribution is -2.18. The van der Waals surface area contributed by atoms with Gasteiger partial charge in [-0.2, -0.15) is 5.10 Å². The summed E-state index contributed by atoms with van der Waals surface area (Å²) < 4.78 is 0. The number of carboxylic acid groups (broad SMARTS) is 1. The third-order valence-electron chi connectivity index (χ3n) is 3.47. The molecule has 2 aromatic heterocycles. The van der Waals surface area contributed by atoms with Crippen LogP contribution in [0, 0.1) is 0 Å². The van der Waals surface area contributed by atoms with Gasteiger partial charge >= 0.3 is 5.97 Å². The maximum Gasteiger partial charge on any atom is 0.345 e. The molecule has 5 nitrogen and oxygen atoms in total. The first kappa shape index (κ1) is 14.9. The summed E-state index contributed by atoms with van der Waals surface area (Å²) in [6.45, 7) is 1.74. The topological polar surface area (TPSA) is 78.8 Å². The summed E-state index contributed by atoms with van der Waals surface area (Å²) in [5, 5.41) is 13.0. The number of hydrogen-bond acceptors (Lipinski definition) is 5. The number of thiophene rings is 2. The molecule has 2 N–H and O–H groups in total. The number of rotatable bonds is 4. The number of aromatic carboxylic acids is 1. The lowest BCUT2D eigenvalue weighted by atomic mass is 10.2. The van der Waals surface area contributed by atoms with E-state index in [4.69, 9.17) is 5.11 Å². The lowest BCUT2D eigenvalue weighted by molar-refractivity contribution is 0.0702. The summed E-state index contributed by atoms with van der Waals surface area (Å²) in [6, 6.07) is 5.17. The van der Waals surface area contributed by atoms with Crippen LogP contribution < -0.4 is 5.43 Å². The van der Waals surface area contributed by atoms with Crippen LogP contribution in [0.1, 0.15) is 48.0 Å². The van der Waals surface area contributed by atoms with E-state index in [1.165, 1.54) is 34.3 Å². The molecule has 0 bridgehead atoms. The second-order valence-corrected chi connectivity index (χ2v) is 7.24. The zero-order valence-electron chi connectivity index (χ0n) is 11.9. The molecule has 0 saturated heterocycles. The molecule has 0 aliphatic heterocycles. The number of carbonyl (C=O) groups is 2. The predicted molar refractivity (Wildman–Crippen MR) is 87.3 cm³/mol. The lowest BCUT2D eigenvalue weighted by Gasteiger charge is -1.99. The minimum absolute atomic E-state index is 0.214. The Morgan fingerprint density at radius 3 is 2.64 bits per heavy atom. The van der Waals surface area contributed by atoms with Crippen molar-refractivity contribution in [2.45, 2.75) is 26.2 Å². The van der Waals surface area contributed by atoms with Gasteiger partial charge in [-0.3, -0.25) is 4.79 Å². The van der Waals surface area contributed by atoms with E-state index in [1.807, 2.05) is 6.07 Å². The molecule has 2 aromatic rings. The van der Waals surface area contributed by atoms with E-state index < -0.39 is 5.97 Å². The van der Waals surface area contributed by atoms with E-state index >= 15 is 0 Å². The Labute approximate surface area is 135 Å². The van der Waals surface area contributed by atoms with Gasteiger partial charge in [0.05, 0.1) is 15.5 Å². The van der Waals surface area contributed by atoms with Crippen molar-refractivity contribution in [1.29, 1.82) is 0 Å². The van der Waals surface area contributed by atoms with Crippen molar-refractivity contribution in [3.8, 4) is 0 Å². The molecule has 114 valence electrons. The third kappa shape index (κ3) is 2.95. The van der Waals surface area contributed by atoms with E-state index in [9.17, 15) is 9.59 Å². The van der Waals surface area contributed by atoms with Crippen LogP contribution in [0.2, 0.25) is 0 Å². The Morgan fingerprint density at radius 2 is 1.95 bits per heavy atom. The Bertz CT molecular complexity index is 752. The van der Waals surface area contributed by atoms with E-state index in [-0.39, 0.29) is 10.8 Å². The molecular formula is C15H14N2O3S2. The van der Waals surface area contributed by atoms with Crippen LogP contribution >= 0.6 is 22.7 Å². The van der Waals surface area contributed by atoms with Gasteiger partial charge in [0.25, 0.3) is 5.91 Å². The Morgan fingerprint density at radius 1 is 1.18 bits per heavy atom. The highest BCUT2D eigenvalue weighted by atomic mass is 32.1. The zero-order chi connectivity index (χ0) is 15.7. The largest absolute Gasteiger partial charge is 0.477 e. The average Bonchev–Trinajstić information content (AvgIpc) is 3.17. The first-order chi connectivity index (χ1) is 10.5. The summed E-state index contributed by atoms with van der Waals surface area (Å²) in [5.74, 6) is -1.17. The molecule has 7 heteroatoms. The van der Waals surface area contributed by atoms with Crippen LogP contribution in [0.3, 0.4) is 0 Å². The maximum atomic E-state index is 12.1. The van der Waals surface area contributed by atoms with Crippen molar-refractivity contribution >= 4 is 40.3 Å². The number of amides is 1. The standard InChI is InChI=1S/C15H14N2O3S2/c1-8(10-5-6-12(21-10)15(19)20)16-17-14(18)13-7-9-3-2-4-11(9)22-13/h5-7H,2-4H2,1H3,(H,17,18)(H,19,20)/b16-8-. The molecular weight excluding hydrogens is 320 g/mol. The quantitative estimate of drug-likeness (QED) is 0.666. The van der Waals surface area contributed by atoms with Gasteiger partial charge in [-0.1, -0.05) is 0 Å². The normalized spacial score (nSPS) is 14.0. The number of nitrogens with one attached hydrogen (secondary N) is 1. The first-order valence-electron chi connectivity index (χ1n) is 6.84. The second-order valence-electron chi connectivity index (χ2n) is 5.02. The van der Waals surface area contributed by atoms with Gasteiger partial charge in [0, 0.05) is 4.88 Å². The molecule has 1 amide bonds. The number of carboxylic acids is 1. The molecule has 0 unspecified atom stereocenters. The number of fused-ring (bicyclic) bond motifs is 1. The average molecular weight is 334 g/mol. The molecule has 1 aliphatic rings. The first-order valence-corrected chi connectivity index (χ1v) is 8.47. The van der Waals surface area contributed by atoms with Crippen LogP contribution in [0.25, 0.3) is 0 Å². The van der Waals surface area contributed by atoms with Crippen molar-refractivity contribution in [3.63, 3.8) is 0 Å². The minimum Gasteiger partial charge on any atom is -0.477 e. The monoisotopic (exact) mass is 334 g/mol. The predicted octanol–water partition coefficient (Wildman–Crippen LogP) is 3.15. The zero-order valence-corrected chi connectivity index (χ0v) is 13.5. The highest BCUT2D eigenvalue weighted by Crippen LogP contribution is 2.30. The number of hydrazone groups is 1. The fourth-order valence-electron chi connectivity index (χ4n) is 2.33. The number of carbonyl (C=O) groups excluding carboxylic acids is 1. The molecule has 0 spiro atoms. The van der Waals surface area contributed by atoms with Gasteiger partial charge < -0.3 is 5.11 Å². The Balaban J connectivity index is 1.69. The van der Waals surface area contributed by atoms with Gasteiger partial charge in [-0.05, 0) is 49.9 Å². The van der Waals surface area contributed by atoms with E-state index in [0.29, 0.717) is 10.6 Å². The van der Waals surface area contributed by atoms with Crippen molar-refractivity contribution < 1.29 is 14.7 Å². The van der Waals surface area contributed by atoms with Gasteiger partial charge in [-0.25, -0.2) is 10.2 Å². The molecule has 0 radical (unpaired) electrons. The highest BCUT2D eigenvalue weighted by Gasteiger charge is 2.18. The third-order valence-corrected chi connectivity index (χ3v) is 5.89. The van der Waals surface area contributed by atoms with Crippen LogP contribution in [0.5, 0.6) is 0 Å². The van der Waals surface area contributed by atoms with Gasteiger partial charge in [0.1, 0.15) is 4.88 Å². The van der Waals surface area contributed by atoms with Crippen LogP contribution in [0.4, 0.5) is 0 Å². The molecule has 2 heterocycles. The smallest absolute Gasteiger partial charge is 0.345 e. The van der Waals surface area contributed by atoms with Crippen molar-refractivity contribution in [3.05, 3.63) is 43.3 Å². The van der Waals surface area contributed by atoms with Crippen molar-refractivity contribution in [1.82, 2.24) is 5.43 Å². The van der Waals surface area contributed by atoms with Crippen LogP contribution in [-0.2, 0) is 12.8 Å². The number of nitrogens with zero attached hydrogens (tertiary/aromatic N) is 1. The van der Waals surface area contributed by atoms with E-state index in [1.54, 1.807) is 13.0 Å². The van der Waals surface area contributed by atoms with Crippen LogP contribution in [-0.4, -0.2) is 22.7 Å². The molecule has 22 heavy (non-hydrogen) atoms. The van der Waals surface area contributed by atoms with Gasteiger partial charge in [-0.15, -0.1) is 22.7 Å².